The maximum Gasteiger partial charge on any atom is 0.347 e. The van der Waals surface area contributed by atoms with Crippen LogP contribution in [0.1, 0.15) is 6.42 Å². The highest BCUT2D eigenvalue weighted by Crippen LogP contribution is 1.89. The van der Waals surface area contributed by atoms with Gasteiger partial charge in [-0.2, -0.15) is 0 Å². The second-order valence-electron chi connectivity index (χ2n) is 3.52. The molecule has 1 atom stereocenters. The Bertz CT molecular complexity index is 484. The molecule has 1 amide bonds. The molecule has 0 spiro atoms. The lowest BCUT2D eigenvalue weighted by molar-refractivity contribution is -0.147. The van der Waals surface area contributed by atoms with Crippen molar-refractivity contribution in [1.82, 2.24) is 14.9 Å². The van der Waals surface area contributed by atoms with Crippen LogP contribution >= 0.6 is 0 Å². The molecule has 1 unspecified atom stereocenters. The standard InChI is InChI=1S/C10H13N3O5/c14-7(9(16)17)2-4-11-8(15)6-13-5-1-3-12-10(13)18/h1,3,5,7,14H,2,4,6H2,(H,11,15)(H,16,17). The van der Waals surface area contributed by atoms with Crippen LogP contribution in [-0.4, -0.2) is 44.3 Å². The summed E-state index contributed by atoms with van der Waals surface area (Å²) in [7, 11) is 0. The molecule has 0 radical (unpaired) electrons. The van der Waals surface area contributed by atoms with Crippen LogP contribution in [0.4, 0.5) is 0 Å². The number of aliphatic hydroxyl groups is 1. The Morgan fingerprint density at radius 3 is 2.83 bits per heavy atom. The van der Waals surface area contributed by atoms with Gasteiger partial charge < -0.3 is 15.5 Å². The largest absolute Gasteiger partial charge is 0.479 e. The smallest absolute Gasteiger partial charge is 0.347 e. The lowest BCUT2D eigenvalue weighted by atomic mass is 10.2. The van der Waals surface area contributed by atoms with E-state index >= 15 is 0 Å². The van der Waals surface area contributed by atoms with E-state index in [1.165, 1.54) is 18.5 Å². The molecule has 0 saturated heterocycles. The highest BCUT2D eigenvalue weighted by atomic mass is 16.4. The third-order valence-corrected chi connectivity index (χ3v) is 2.12. The summed E-state index contributed by atoms with van der Waals surface area (Å²) in [6.45, 7) is -0.183. The Hall–Kier alpha value is -2.22. The predicted molar refractivity (Wildman–Crippen MR) is 59.8 cm³/mol. The summed E-state index contributed by atoms with van der Waals surface area (Å²) in [4.78, 5) is 36.3. The molecule has 1 rings (SSSR count). The Morgan fingerprint density at radius 2 is 2.22 bits per heavy atom. The fourth-order valence-corrected chi connectivity index (χ4v) is 1.19. The molecule has 18 heavy (non-hydrogen) atoms. The lowest BCUT2D eigenvalue weighted by Crippen LogP contribution is -2.35. The third-order valence-electron chi connectivity index (χ3n) is 2.12. The van der Waals surface area contributed by atoms with Crippen LogP contribution in [0.25, 0.3) is 0 Å². The molecule has 0 bridgehead atoms. The number of carbonyl (C=O) groups is 2. The van der Waals surface area contributed by atoms with E-state index in [0.29, 0.717) is 0 Å². The number of hydrogen-bond acceptors (Lipinski definition) is 5. The highest BCUT2D eigenvalue weighted by Gasteiger charge is 2.13. The minimum Gasteiger partial charge on any atom is -0.479 e. The summed E-state index contributed by atoms with van der Waals surface area (Å²) in [6, 6.07) is 1.52. The first-order chi connectivity index (χ1) is 8.50. The van der Waals surface area contributed by atoms with Crippen molar-refractivity contribution in [3.63, 3.8) is 0 Å². The molecule has 0 aliphatic rings. The molecule has 0 fully saturated rings. The maximum absolute atomic E-state index is 11.4. The molecule has 0 saturated carbocycles. The number of aliphatic carboxylic acids is 1. The molecule has 1 heterocycles. The fourth-order valence-electron chi connectivity index (χ4n) is 1.19. The van der Waals surface area contributed by atoms with Crippen LogP contribution in [0, 0.1) is 0 Å². The van der Waals surface area contributed by atoms with Gasteiger partial charge in [-0.15, -0.1) is 0 Å². The summed E-state index contributed by atoms with van der Waals surface area (Å²) in [6.07, 6.45) is 1.13. The Morgan fingerprint density at radius 1 is 1.50 bits per heavy atom. The van der Waals surface area contributed by atoms with Crippen molar-refractivity contribution in [1.29, 1.82) is 0 Å². The lowest BCUT2D eigenvalue weighted by Gasteiger charge is -2.08. The number of carboxylic acid groups (broad SMARTS) is 1. The first kappa shape index (κ1) is 13.8. The van der Waals surface area contributed by atoms with Crippen LogP contribution in [0.15, 0.2) is 23.3 Å². The number of amides is 1. The van der Waals surface area contributed by atoms with Gasteiger partial charge in [0.1, 0.15) is 6.54 Å². The fraction of sp³-hybridized carbons (Fsp3) is 0.400. The quantitative estimate of drug-likeness (QED) is 0.551. The number of rotatable bonds is 6. The molecule has 8 heteroatoms. The van der Waals surface area contributed by atoms with Crippen LogP contribution < -0.4 is 11.0 Å². The van der Waals surface area contributed by atoms with Crippen molar-refractivity contribution >= 4 is 11.9 Å². The highest BCUT2D eigenvalue weighted by molar-refractivity contribution is 5.76. The van der Waals surface area contributed by atoms with Gasteiger partial charge in [-0.3, -0.25) is 9.36 Å². The zero-order valence-corrected chi connectivity index (χ0v) is 9.44. The summed E-state index contributed by atoms with van der Waals surface area (Å²) < 4.78 is 1.11. The second-order valence-corrected chi connectivity index (χ2v) is 3.52. The number of carbonyl (C=O) groups excluding carboxylic acids is 1. The van der Waals surface area contributed by atoms with Gasteiger partial charge in [0.15, 0.2) is 6.10 Å². The van der Waals surface area contributed by atoms with Gasteiger partial charge in [-0.1, -0.05) is 0 Å². The predicted octanol–water partition coefficient (Wildman–Crippen LogP) is -1.80. The van der Waals surface area contributed by atoms with Gasteiger partial charge >= 0.3 is 11.7 Å². The maximum atomic E-state index is 11.4. The van der Waals surface area contributed by atoms with E-state index in [2.05, 4.69) is 10.3 Å². The van der Waals surface area contributed by atoms with Crippen molar-refractivity contribution in [3.8, 4) is 0 Å². The van der Waals surface area contributed by atoms with Crippen LogP contribution in [0.3, 0.4) is 0 Å². The first-order valence-electron chi connectivity index (χ1n) is 5.19. The zero-order chi connectivity index (χ0) is 13.5. The van der Waals surface area contributed by atoms with Crippen LogP contribution in [0.2, 0.25) is 0 Å². The van der Waals surface area contributed by atoms with Crippen molar-refractivity contribution in [2.45, 2.75) is 19.1 Å². The average Bonchev–Trinajstić information content (AvgIpc) is 2.32. The average molecular weight is 255 g/mol. The van der Waals surface area contributed by atoms with Gasteiger partial charge in [0.2, 0.25) is 5.91 Å². The molecule has 98 valence electrons. The SMILES string of the molecule is O=C(Cn1cccnc1=O)NCCC(O)C(=O)O. The topological polar surface area (TPSA) is 122 Å². The minimum atomic E-state index is -1.51. The van der Waals surface area contributed by atoms with E-state index in [1.54, 1.807) is 0 Å². The van der Waals surface area contributed by atoms with Gasteiger partial charge in [0.25, 0.3) is 0 Å². The van der Waals surface area contributed by atoms with Crippen molar-refractivity contribution in [2.75, 3.05) is 6.54 Å². The van der Waals surface area contributed by atoms with E-state index in [1.807, 2.05) is 0 Å². The minimum absolute atomic E-state index is 0.0152. The number of aromatic nitrogens is 2. The zero-order valence-electron chi connectivity index (χ0n) is 9.44. The normalized spacial score (nSPS) is 11.8. The van der Waals surface area contributed by atoms with Crippen molar-refractivity contribution < 1.29 is 19.8 Å². The summed E-state index contributed by atoms with van der Waals surface area (Å²) in [5.41, 5.74) is -0.543. The Labute approximate surface area is 102 Å². The molecular weight excluding hydrogens is 242 g/mol. The van der Waals surface area contributed by atoms with E-state index in [-0.39, 0.29) is 19.5 Å². The van der Waals surface area contributed by atoms with E-state index in [9.17, 15) is 14.4 Å². The number of nitrogens with zero attached hydrogens (tertiary/aromatic N) is 2. The number of nitrogens with one attached hydrogen (secondary N) is 1. The molecule has 8 nitrogen and oxygen atoms in total. The molecule has 0 aliphatic heterocycles. The van der Waals surface area contributed by atoms with Gasteiger partial charge in [0, 0.05) is 25.4 Å². The van der Waals surface area contributed by atoms with Gasteiger partial charge in [0.05, 0.1) is 0 Å². The molecule has 0 aliphatic carbocycles. The number of aliphatic hydroxyl groups excluding tert-OH is 1. The summed E-state index contributed by atoms with van der Waals surface area (Å²) >= 11 is 0. The summed E-state index contributed by atoms with van der Waals surface area (Å²) in [5, 5.41) is 19.8. The van der Waals surface area contributed by atoms with Crippen molar-refractivity contribution in [2.24, 2.45) is 0 Å². The van der Waals surface area contributed by atoms with Gasteiger partial charge in [-0.05, 0) is 6.07 Å². The second kappa shape index (κ2) is 6.50. The number of carboxylic acids is 1. The first-order valence-corrected chi connectivity index (χ1v) is 5.19. The molecule has 0 aromatic carbocycles. The van der Waals surface area contributed by atoms with E-state index in [4.69, 9.17) is 10.2 Å². The summed E-state index contributed by atoms with van der Waals surface area (Å²) in [5.74, 6) is -1.80. The molecule has 3 N–H and O–H groups in total. The van der Waals surface area contributed by atoms with Crippen LogP contribution in [0.5, 0.6) is 0 Å². The Kier molecular flexibility index (Phi) is 5.00. The number of hydrogen-bond donors (Lipinski definition) is 3. The monoisotopic (exact) mass is 255 g/mol. The van der Waals surface area contributed by atoms with Gasteiger partial charge in [-0.25, -0.2) is 14.6 Å². The third kappa shape index (κ3) is 4.34. The molecular formula is C10H13N3O5. The molecule has 1 aromatic rings. The Balaban J connectivity index is 2.37. The van der Waals surface area contributed by atoms with E-state index in [0.717, 1.165) is 4.57 Å². The molecule has 1 aromatic heterocycles. The van der Waals surface area contributed by atoms with Crippen molar-refractivity contribution in [3.05, 3.63) is 28.9 Å². The van der Waals surface area contributed by atoms with E-state index < -0.39 is 23.7 Å². The van der Waals surface area contributed by atoms with Crippen LogP contribution in [-0.2, 0) is 16.1 Å².